The first-order chi connectivity index (χ1) is 9.60. The molecule has 0 aliphatic rings. The summed E-state index contributed by atoms with van der Waals surface area (Å²) in [5.74, 6) is 5.96. The van der Waals surface area contributed by atoms with Gasteiger partial charge in [0.05, 0.1) is 4.92 Å². The highest BCUT2D eigenvalue weighted by molar-refractivity contribution is 14.1. The van der Waals surface area contributed by atoms with Crippen LogP contribution in [0.25, 0.3) is 0 Å². The number of nitrogens with zero attached hydrogens (tertiary/aromatic N) is 1. The number of nitrogens with one attached hydrogen (secondary N) is 1. The Morgan fingerprint density at radius 2 is 2.10 bits per heavy atom. The number of nitro groups is 1. The van der Waals surface area contributed by atoms with Gasteiger partial charge in [0.25, 0.3) is 5.69 Å². The molecule has 3 N–H and O–H groups in total. The Morgan fingerprint density at radius 3 is 2.75 bits per heavy atom. The lowest BCUT2D eigenvalue weighted by atomic mass is 10.2. The fraction of sp³-hybridized carbons (Fsp3) is 0.0769. The molecule has 0 saturated carbocycles. The van der Waals surface area contributed by atoms with Gasteiger partial charge in [-0.05, 0) is 52.4 Å². The minimum atomic E-state index is -0.482. The molecule has 2 aromatic rings. The van der Waals surface area contributed by atoms with Crippen LogP contribution in [0.5, 0.6) is 5.75 Å². The molecule has 2 aromatic carbocycles. The van der Waals surface area contributed by atoms with Gasteiger partial charge >= 0.3 is 0 Å². The summed E-state index contributed by atoms with van der Waals surface area (Å²) in [5, 5.41) is 10.9. The monoisotopic (exact) mass is 385 g/mol. The molecule has 0 aromatic heterocycles. The Hall–Kier alpha value is -1.87. The van der Waals surface area contributed by atoms with Crippen molar-refractivity contribution in [1.82, 2.24) is 0 Å². The molecule has 0 aliphatic heterocycles. The molecule has 104 valence electrons. The zero-order chi connectivity index (χ0) is 14.5. The van der Waals surface area contributed by atoms with Gasteiger partial charge in [0.2, 0.25) is 0 Å². The third-order valence-corrected chi connectivity index (χ3v) is 3.29. The molecule has 0 fully saturated rings. The molecule has 20 heavy (non-hydrogen) atoms. The van der Waals surface area contributed by atoms with E-state index in [2.05, 4.69) is 28.0 Å². The molecule has 0 unspecified atom stereocenters. The standard InChI is InChI=1S/C13H12IN3O3/c14-10-2-1-3-11(7-10)20-8-9-4-5-12(16-15)13(6-9)17(18)19/h1-7,16H,8,15H2. The quantitative estimate of drug-likeness (QED) is 0.357. The van der Waals surface area contributed by atoms with Gasteiger partial charge in [-0.3, -0.25) is 16.0 Å². The van der Waals surface area contributed by atoms with Crippen LogP contribution < -0.4 is 16.0 Å². The van der Waals surface area contributed by atoms with E-state index >= 15 is 0 Å². The summed E-state index contributed by atoms with van der Waals surface area (Å²) in [4.78, 5) is 10.4. The van der Waals surface area contributed by atoms with Crippen molar-refractivity contribution in [2.45, 2.75) is 6.61 Å². The predicted octanol–water partition coefficient (Wildman–Crippen LogP) is 3.06. The number of anilines is 1. The molecule has 0 bridgehead atoms. The number of hydrogen-bond acceptors (Lipinski definition) is 5. The largest absolute Gasteiger partial charge is 0.489 e. The third-order valence-electron chi connectivity index (χ3n) is 2.62. The van der Waals surface area contributed by atoms with Crippen molar-refractivity contribution in [1.29, 1.82) is 0 Å². The maximum atomic E-state index is 10.9. The first-order valence-electron chi connectivity index (χ1n) is 5.72. The zero-order valence-electron chi connectivity index (χ0n) is 10.4. The molecule has 0 aliphatic carbocycles. The van der Waals surface area contributed by atoms with E-state index in [9.17, 15) is 10.1 Å². The summed E-state index contributed by atoms with van der Waals surface area (Å²) >= 11 is 2.19. The van der Waals surface area contributed by atoms with Crippen molar-refractivity contribution in [3.63, 3.8) is 0 Å². The van der Waals surface area contributed by atoms with Crippen LogP contribution in [-0.4, -0.2) is 4.92 Å². The summed E-state index contributed by atoms with van der Waals surface area (Å²) in [6, 6.07) is 12.3. The number of halogens is 1. The van der Waals surface area contributed by atoms with Crippen LogP contribution in [0.15, 0.2) is 42.5 Å². The molecule has 0 amide bonds. The van der Waals surface area contributed by atoms with E-state index in [4.69, 9.17) is 10.6 Å². The lowest BCUT2D eigenvalue weighted by Crippen LogP contribution is -2.09. The maximum absolute atomic E-state index is 10.9. The smallest absolute Gasteiger partial charge is 0.294 e. The van der Waals surface area contributed by atoms with Crippen LogP contribution >= 0.6 is 22.6 Å². The third kappa shape index (κ3) is 3.58. The summed E-state index contributed by atoms with van der Waals surface area (Å²) in [6.45, 7) is 0.256. The SMILES string of the molecule is NNc1ccc(COc2cccc(I)c2)cc1[N+](=O)[O-]. The summed E-state index contributed by atoms with van der Waals surface area (Å²) in [5.41, 5.74) is 3.20. The van der Waals surface area contributed by atoms with E-state index in [-0.39, 0.29) is 18.0 Å². The number of nitrogens with two attached hydrogens (primary N) is 1. The second-order valence-electron chi connectivity index (χ2n) is 4.00. The number of nitrogen functional groups attached to an aromatic ring is 1. The zero-order valence-corrected chi connectivity index (χ0v) is 12.5. The molecule has 2 rings (SSSR count). The number of hydrogen-bond donors (Lipinski definition) is 2. The highest BCUT2D eigenvalue weighted by atomic mass is 127. The predicted molar refractivity (Wildman–Crippen MR) is 84.4 cm³/mol. The molecule has 0 atom stereocenters. The van der Waals surface area contributed by atoms with Crippen molar-refractivity contribution in [3.05, 3.63) is 61.7 Å². The van der Waals surface area contributed by atoms with E-state index in [1.165, 1.54) is 6.07 Å². The number of benzene rings is 2. The van der Waals surface area contributed by atoms with Crippen molar-refractivity contribution >= 4 is 34.0 Å². The second-order valence-corrected chi connectivity index (χ2v) is 5.24. The molecule has 0 radical (unpaired) electrons. The molecule has 0 spiro atoms. The minimum absolute atomic E-state index is 0.0729. The van der Waals surface area contributed by atoms with Crippen molar-refractivity contribution in [2.24, 2.45) is 5.84 Å². The highest BCUT2D eigenvalue weighted by Crippen LogP contribution is 2.25. The average Bonchev–Trinajstić information content (AvgIpc) is 2.45. The molecular formula is C13H12IN3O3. The van der Waals surface area contributed by atoms with Gasteiger partial charge in [-0.15, -0.1) is 0 Å². The first kappa shape index (κ1) is 14.5. The van der Waals surface area contributed by atoms with Crippen LogP contribution in [0.2, 0.25) is 0 Å². The van der Waals surface area contributed by atoms with E-state index in [0.29, 0.717) is 5.56 Å². The number of rotatable bonds is 5. The Kier molecular flexibility index (Phi) is 4.74. The van der Waals surface area contributed by atoms with Gasteiger partial charge in [0.15, 0.2) is 0 Å². The minimum Gasteiger partial charge on any atom is -0.489 e. The van der Waals surface area contributed by atoms with E-state index in [1.807, 2.05) is 24.3 Å². The summed E-state index contributed by atoms with van der Waals surface area (Å²) in [6.07, 6.45) is 0. The van der Waals surface area contributed by atoms with Gasteiger partial charge in [-0.1, -0.05) is 12.1 Å². The highest BCUT2D eigenvalue weighted by Gasteiger charge is 2.13. The Balaban J connectivity index is 2.14. The van der Waals surface area contributed by atoms with Crippen molar-refractivity contribution in [3.8, 4) is 5.75 Å². The Bertz CT molecular complexity index is 634. The lowest BCUT2D eigenvalue weighted by molar-refractivity contribution is -0.384. The molecule has 0 heterocycles. The summed E-state index contributed by atoms with van der Waals surface area (Å²) < 4.78 is 6.67. The van der Waals surface area contributed by atoms with Crippen LogP contribution in [0.3, 0.4) is 0 Å². The van der Waals surface area contributed by atoms with Gasteiger partial charge in [0.1, 0.15) is 18.0 Å². The van der Waals surface area contributed by atoms with Crippen LogP contribution in [0.1, 0.15) is 5.56 Å². The van der Waals surface area contributed by atoms with E-state index in [0.717, 1.165) is 9.32 Å². The lowest BCUT2D eigenvalue weighted by Gasteiger charge is -2.08. The Morgan fingerprint density at radius 1 is 1.30 bits per heavy atom. The fourth-order valence-electron chi connectivity index (χ4n) is 1.66. The summed E-state index contributed by atoms with van der Waals surface area (Å²) in [7, 11) is 0. The van der Waals surface area contributed by atoms with Crippen molar-refractivity contribution < 1.29 is 9.66 Å². The van der Waals surface area contributed by atoms with E-state index in [1.54, 1.807) is 12.1 Å². The van der Waals surface area contributed by atoms with Crippen molar-refractivity contribution in [2.75, 3.05) is 5.43 Å². The van der Waals surface area contributed by atoms with Gasteiger partial charge in [-0.25, -0.2) is 0 Å². The van der Waals surface area contributed by atoms with Gasteiger partial charge < -0.3 is 10.2 Å². The topological polar surface area (TPSA) is 90.4 Å². The number of hydrazine groups is 1. The van der Waals surface area contributed by atoms with E-state index < -0.39 is 4.92 Å². The van der Waals surface area contributed by atoms with Crippen LogP contribution in [-0.2, 0) is 6.61 Å². The second kappa shape index (κ2) is 6.53. The van der Waals surface area contributed by atoms with Gasteiger partial charge in [-0.2, -0.15) is 0 Å². The van der Waals surface area contributed by atoms with Crippen LogP contribution in [0.4, 0.5) is 11.4 Å². The van der Waals surface area contributed by atoms with Gasteiger partial charge in [0, 0.05) is 9.64 Å². The first-order valence-corrected chi connectivity index (χ1v) is 6.80. The number of ether oxygens (including phenoxy) is 1. The number of nitro benzene ring substituents is 1. The Labute approximate surface area is 129 Å². The maximum Gasteiger partial charge on any atom is 0.294 e. The van der Waals surface area contributed by atoms with Crippen LogP contribution in [0, 0.1) is 13.7 Å². The average molecular weight is 385 g/mol. The molecule has 6 nitrogen and oxygen atoms in total. The molecular weight excluding hydrogens is 373 g/mol. The normalized spacial score (nSPS) is 10.1. The molecule has 7 heteroatoms. The fourth-order valence-corrected chi connectivity index (χ4v) is 2.18. The molecule has 0 saturated heterocycles.